The lowest BCUT2D eigenvalue weighted by Crippen LogP contribution is -2.42. The number of amides is 2. The highest BCUT2D eigenvalue weighted by Gasteiger charge is 2.32. The largest absolute Gasteiger partial charge is 0.332 e. The Hall–Kier alpha value is -1.96. The van der Waals surface area contributed by atoms with Crippen molar-refractivity contribution in [2.45, 2.75) is 70.5 Å². The number of carbonyl (C=O) groups is 2. The van der Waals surface area contributed by atoms with Gasteiger partial charge in [0.25, 0.3) is 0 Å². The quantitative estimate of drug-likeness (QED) is 0.783. The van der Waals surface area contributed by atoms with Crippen LogP contribution in [0.5, 0.6) is 0 Å². The van der Waals surface area contributed by atoms with Crippen LogP contribution in [0.4, 0.5) is 14.9 Å². The monoisotopic (exact) mass is 398 g/mol. The van der Waals surface area contributed by atoms with Gasteiger partial charge in [0.15, 0.2) is 0 Å². The summed E-state index contributed by atoms with van der Waals surface area (Å²) in [4.78, 5) is 23.9. The molecule has 2 amide bonds. The number of carbonyl (C=O) groups excluding carboxylic acids is 2. The molecule has 6 nitrogen and oxygen atoms in total. The van der Waals surface area contributed by atoms with E-state index in [-0.39, 0.29) is 24.0 Å². The molecule has 0 aliphatic heterocycles. The Bertz CT molecular complexity index is 805. The van der Waals surface area contributed by atoms with Gasteiger partial charge in [-0.25, -0.2) is 22.3 Å². The summed E-state index contributed by atoms with van der Waals surface area (Å²) in [7, 11) is -3.97. The highest BCUT2D eigenvalue weighted by molar-refractivity contribution is 7.90. The van der Waals surface area contributed by atoms with Gasteiger partial charge in [0.2, 0.25) is 10.0 Å². The van der Waals surface area contributed by atoms with E-state index in [0.717, 1.165) is 0 Å². The standard InChI is InChI=1S/C19H27FN2O4S/c1-11(2)16-8-13(20)9-17(12(3)4)18(16)21-19(24)22-27(25,26)15-7-5-6-14(23)10-15/h8-9,11-12,15H,5-7,10H2,1-4H3,(H2,21,22,24). The summed E-state index contributed by atoms with van der Waals surface area (Å²) in [6.07, 6.45) is 1.15. The summed E-state index contributed by atoms with van der Waals surface area (Å²) in [5.74, 6) is -0.649. The van der Waals surface area contributed by atoms with Crippen LogP contribution in [0, 0.1) is 5.82 Å². The fourth-order valence-electron chi connectivity index (χ4n) is 3.31. The molecule has 0 radical (unpaired) electrons. The molecule has 27 heavy (non-hydrogen) atoms. The molecule has 150 valence electrons. The molecule has 0 heterocycles. The number of benzene rings is 1. The van der Waals surface area contributed by atoms with Gasteiger partial charge in [-0.05, 0) is 47.9 Å². The lowest BCUT2D eigenvalue weighted by molar-refractivity contribution is -0.120. The van der Waals surface area contributed by atoms with Crippen molar-refractivity contribution in [1.29, 1.82) is 0 Å². The SMILES string of the molecule is CC(C)c1cc(F)cc(C(C)C)c1NC(=O)NS(=O)(=O)C1CCCC(=O)C1. The van der Waals surface area contributed by atoms with Crippen LogP contribution in [0.3, 0.4) is 0 Å². The van der Waals surface area contributed by atoms with E-state index in [1.54, 1.807) is 0 Å². The van der Waals surface area contributed by atoms with Crippen molar-refractivity contribution in [3.8, 4) is 0 Å². The Balaban J connectivity index is 2.26. The predicted octanol–water partition coefficient (Wildman–Crippen LogP) is 4.04. The Morgan fingerprint density at radius 1 is 1.15 bits per heavy atom. The molecule has 1 atom stereocenters. The van der Waals surface area contributed by atoms with Crippen LogP contribution >= 0.6 is 0 Å². The molecule has 1 aliphatic carbocycles. The summed E-state index contributed by atoms with van der Waals surface area (Å²) < 4.78 is 40.9. The molecule has 8 heteroatoms. The van der Waals surface area contributed by atoms with Crippen molar-refractivity contribution in [2.24, 2.45) is 0 Å². The van der Waals surface area contributed by atoms with E-state index in [2.05, 4.69) is 5.32 Å². The third-order valence-electron chi connectivity index (χ3n) is 4.76. The highest BCUT2D eigenvalue weighted by atomic mass is 32.2. The Morgan fingerprint density at radius 2 is 1.70 bits per heavy atom. The van der Waals surface area contributed by atoms with Crippen molar-refractivity contribution in [2.75, 3.05) is 5.32 Å². The fourth-order valence-corrected chi connectivity index (χ4v) is 4.66. The van der Waals surface area contributed by atoms with Gasteiger partial charge in [-0.1, -0.05) is 27.7 Å². The zero-order valence-electron chi connectivity index (χ0n) is 16.1. The number of anilines is 1. The molecule has 0 bridgehead atoms. The van der Waals surface area contributed by atoms with E-state index in [9.17, 15) is 22.4 Å². The van der Waals surface area contributed by atoms with Crippen LogP contribution < -0.4 is 10.0 Å². The number of sulfonamides is 1. The summed E-state index contributed by atoms with van der Waals surface area (Å²) in [6.45, 7) is 7.47. The lowest BCUT2D eigenvalue weighted by Gasteiger charge is -2.23. The van der Waals surface area contributed by atoms with E-state index in [1.807, 2.05) is 32.4 Å². The third-order valence-corrected chi connectivity index (χ3v) is 6.51. The maximum absolute atomic E-state index is 14.0. The summed E-state index contributed by atoms with van der Waals surface area (Å²) >= 11 is 0. The molecular weight excluding hydrogens is 371 g/mol. The van der Waals surface area contributed by atoms with Crippen molar-refractivity contribution < 1.29 is 22.4 Å². The Morgan fingerprint density at radius 3 is 2.19 bits per heavy atom. The van der Waals surface area contributed by atoms with Crippen LogP contribution in [0.15, 0.2) is 12.1 Å². The molecular formula is C19H27FN2O4S. The first-order valence-corrected chi connectivity index (χ1v) is 10.7. The van der Waals surface area contributed by atoms with Crippen molar-refractivity contribution in [3.63, 3.8) is 0 Å². The van der Waals surface area contributed by atoms with Gasteiger partial charge in [-0.2, -0.15) is 0 Å². The zero-order chi connectivity index (χ0) is 20.4. The van der Waals surface area contributed by atoms with Crippen molar-refractivity contribution in [1.82, 2.24) is 4.72 Å². The predicted molar refractivity (Wildman–Crippen MR) is 103 cm³/mol. The second kappa shape index (κ2) is 8.37. The zero-order valence-corrected chi connectivity index (χ0v) is 17.0. The van der Waals surface area contributed by atoms with E-state index in [1.165, 1.54) is 12.1 Å². The number of hydrogen-bond acceptors (Lipinski definition) is 4. The molecule has 1 aromatic carbocycles. The fraction of sp³-hybridized carbons (Fsp3) is 0.579. The number of urea groups is 1. The van der Waals surface area contributed by atoms with Crippen LogP contribution in [-0.2, 0) is 14.8 Å². The summed E-state index contributed by atoms with van der Waals surface area (Å²) in [5, 5.41) is 1.70. The van der Waals surface area contributed by atoms with Gasteiger partial charge in [-0.15, -0.1) is 0 Å². The Kier molecular flexibility index (Phi) is 6.62. The van der Waals surface area contributed by atoms with Gasteiger partial charge in [0, 0.05) is 18.5 Å². The first kappa shape index (κ1) is 21.3. The van der Waals surface area contributed by atoms with Crippen LogP contribution in [0.25, 0.3) is 0 Å². The first-order valence-electron chi connectivity index (χ1n) is 9.19. The molecule has 1 aromatic rings. The van der Waals surface area contributed by atoms with Crippen LogP contribution in [0.2, 0.25) is 0 Å². The lowest BCUT2D eigenvalue weighted by atomic mass is 9.92. The maximum Gasteiger partial charge on any atom is 0.332 e. The number of ketones is 1. The van der Waals surface area contributed by atoms with Gasteiger partial charge in [-0.3, -0.25) is 4.79 Å². The van der Waals surface area contributed by atoms with E-state index >= 15 is 0 Å². The van der Waals surface area contributed by atoms with E-state index in [0.29, 0.717) is 36.1 Å². The van der Waals surface area contributed by atoms with Gasteiger partial charge in [0.05, 0.1) is 5.25 Å². The number of nitrogens with one attached hydrogen (secondary N) is 2. The number of halogens is 1. The van der Waals surface area contributed by atoms with E-state index in [4.69, 9.17) is 0 Å². The van der Waals surface area contributed by atoms with Crippen molar-refractivity contribution >= 4 is 27.5 Å². The number of hydrogen-bond donors (Lipinski definition) is 2. The molecule has 1 unspecified atom stereocenters. The molecule has 2 N–H and O–H groups in total. The minimum Gasteiger partial charge on any atom is -0.307 e. The minimum atomic E-state index is -3.97. The Labute approximate surface area is 160 Å². The van der Waals surface area contributed by atoms with Crippen LogP contribution in [0.1, 0.15) is 76.3 Å². The van der Waals surface area contributed by atoms with Gasteiger partial charge < -0.3 is 5.32 Å². The normalized spacial score (nSPS) is 18.0. The molecule has 0 saturated heterocycles. The summed E-state index contributed by atoms with van der Waals surface area (Å²) in [6, 6.07) is 1.80. The average Bonchev–Trinajstić information content (AvgIpc) is 2.55. The third kappa shape index (κ3) is 5.28. The van der Waals surface area contributed by atoms with E-state index < -0.39 is 27.1 Å². The maximum atomic E-state index is 14.0. The molecule has 0 aromatic heterocycles. The molecule has 2 rings (SSSR count). The molecule has 1 aliphatic rings. The second-order valence-electron chi connectivity index (χ2n) is 7.63. The highest BCUT2D eigenvalue weighted by Crippen LogP contribution is 2.33. The minimum absolute atomic E-state index is 0.0685. The molecule has 1 fully saturated rings. The second-order valence-corrected chi connectivity index (χ2v) is 9.59. The smallest absolute Gasteiger partial charge is 0.307 e. The average molecular weight is 399 g/mol. The van der Waals surface area contributed by atoms with Gasteiger partial charge in [0.1, 0.15) is 11.6 Å². The van der Waals surface area contributed by atoms with Crippen LogP contribution in [-0.4, -0.2) is 25.5 Å². The number of Topliss-reactive ketones (excluding diaryl/α,β-unsaturated/α-hetero) is 1. The topological polar surface area (TPSA) is 92.3 Å². The van der Waals surface area contributed by atoms with Crippen molar-refractivity contribution in [3.05, 3.63) is 29.1 Å². The summed E-state index contributed by atoms with van der Waals surface area (Å²) in [5.41, 5.74) is 1.62. The van der Waals surface area contributed by atoms with Gasteiger partial charge >= 0.3 is 6.03 Å². The molecule has 0 spiro atoms. The number of rotatable bonds is 5. The molecule has 1 saturated carbocycles. The first-order chi connectivity index (χ1) is 12.5.